The Balaban J connectivity index is 2.29. The van der Waals surface area contributed by atoms with Crippen LogP contribution in [-0.4, -0.2) is 16.5 Å². The molecule has 16 heavy (non-hydrogen) atoms. The van der Waals surface area contributed by atoms with E-state index in [2.05, 4.69) is 22.2 Å². The number of nitrogens with one attached hydrogen (secondary N) is 2. The van der Waals surface area contributed by atoms with Gasteiger partial charge in [-0.3, -0.25) is 0 Å². The van der Waals surface area contributed by atoms with E-state index in [1.807, 2.05) is 13.0 Å². The van der Waals surface area contributed by atoms with E-state index in [-0.39, 0.29) is 11.9 Å². The summed E-state index contributed by atoms with van der Waals surface area (Å²) in [6.45, 7) is 5.06. The van der Waals surface area contributed by atoms with Crippen LogP contribution in [0.15, 0.2) is 18.2 Å². The molecule has 2 aromatic rings. The number of imidazole rings is 1. The second-order valence-electron chi connectivity index (χ2n) is 3.93. The summed E-state index contributed by atoms with van der Waals surface area (Å²) in [5.41, 5.74) is 1.17. The van der Waals surface area contributed by atoms with Crippen molar-refractivity contribution < 1.29 is 4.39 Å². The quantitative estimate of drug-likeness (QED) is 0.833. The van der Waals surface area contributed by atoms with E-state index in [9.17, 15) is 4.39 Å². The first-order valence-corrected chi connectivity index (χ1v) is 5.60. The first-order valence-electron chi connectivity index (χ1n) is 5.60. The Labute approximate surface area is 94.1 Å². The van der Waals surface area contributed by atoms with E-state index >= 15 is 0 Å². The van der Waals surface area contributed by atoms with E-state index < -0.39 is 0 Å². The molecule has 0 bridgehead atoms. The van der Waals surface area contributed by atoms with Crippen LogP contribution in [0.1, 0.15) is 32.1 Å². The average molecular weight is 221 g/mol. The maximum atomic E-state index is 13.4. The van der Waals surface area contributed by atoms with Gasteiger partial charge in [-0.2, -0.15) is 0 Å². The highest BCUT2D eigenvalue weighted by atomic mass is 19.1. The van der Waals surface area contributed by atoms with Crippen molar-refractivity contribution in [3.8, 4) is 0 Å². The van der Waals surface area contributed by atoms with E-state index in [1.54, 1.807) is 6.07 Å². The minimum atomic E-state index is -0.275. The Morgan fingerprint density at radius 1 is 1.50 bits per heavy atom. The molecule has 0 spiro atoms. The van der Waals surface area contributed by atoms with E-state index in [0.29, 0.717) is 5.52 Å². The summed E-state index contributed by atoms with van der Waals surface area (Å²) >= 11 is 0. The fraction of sp³-hybridized carbons (Fsp3) is 0.417. The van der Waals surface area contributed by atoms with Gasteiger partial charge in [0.2, 0.25) is 0 Å². The van der Waals surface area contributed by atoms with Gasteiger partial charge >= 0.3 is 0 Å². The number of nitrogens with zero attached hydrogens (tertiary/aromatic N) is 1. The molecule has 4 heteroatoms. The molecule has 0 saturated heterocycles. The number of benzene rings is 1. The number of rotatable bonds is 4. The van der Waals surface area contributed by atoms with Crippen molar-refractivity contribution in [2.45, 2.75) is 26.3 Å². The normalized spacial score (nSPS) is 13.2. The lowest BCUT2D eigenvalue weighted by atomic mass is 10.3. The molecule has 0 fully saturated rings. The Morgan fingerprint density at radius 3 is 3.00 bits per heavy atom. The first kappa shape index (κ1) is 11.1. The lowest BCUT2D eigenvalue weighted by molar-refractivity contribution is 0.549. The molecule has 1 heterocycles. The summed E-state index contributed by atoms with van der Waals surface area (Å²) in [7, 11) is 0. The predicted molar refractivity (Wildman–Crippen MR) is 62.8 cm³/mol. The van der Waals surface area contributed by atoms with E-state index in [4.69, 9.17) is 0 Å². The second-order valence-corrected chi connectivity index (χ2v) is 3.93. The highest BCUT2D eigenvalue weighted by Gasteiger charge is 2.11. The summed E-state index contributed by atoms with van der Waals surface area (Å²) in [5.74, 6) is 0.510. The van der Waals surface area contributed by atoms with Gasteiger partial charge in [0.15, 0.2) is 5.82 Å². The van der Waals surface area contributed by atoms with Gasteiger partial charge in [0, 0.05) is 0 Å². The number of para-hydroxylation sites is 1. The van der Waals surface area contributed by atoms with E-state index in [0.717, 1.165) is 24.3 Å². The summed E-state index contributed by atoms with van der Waals surface area (Å²) in [6, 6.07) is 5.06. The van der Waals surface area contributed by atoms with E-state index in [1.165, 1.54) is 6.07 Å². The summed E-state index contributed by atoms with van der Waals surface area (Å²) < 4.78 is 13.4. The monoisotopic (exact) mass is 221 g/mol. The molecule has 0 saturated carbocycles. The van der Waals surface area contributed by atoms with Gasteiger partial charge in [-0.25, -0.2) is 9.37 Å². The van der Waals surface area contributed by atoms with Gasteiger partial charge in [0.25, 0.3) is 0 Å². The fourth-order valence-corrected chi connectivity index (χ4v) is 1.68. The molecule has 2 N–H and O–H groups in total. The minimum absolute atomic E-state index is 0.117. The SMILES string of the molecule is CCCN[C@H](C)c1nc2c(F)cccc2[nH]1. The minimum Gasteiger partial charge on any atom is -0.341 e. The number of H-pyrrole nitrogens is 1. The number of hydrogen-bond donors (Lipinski definition) is 2. The highest BCUT2D eigenvalue weighted by molar-refractivity contribution is 5.75. The van der Waals surface area contributed by atoms with Gasteiger partial charge < -0.3 is 10.3 Å². The molecule has 0 aliphatic rings. The third-order valence-electron chi connectivity index (χ3n) is 2.59. The van der Waals surface area contributed by atoms with Crippen molar-refractivity contribution in [2.75, 3.05) is 6.54 Å². The van der Waals surface area contributed by atoms with Crippen molar-refractivity contribution in [3.05, 3.63) is 29.8 Å². The number of halogens is 1. The Kier molecular flexibility index (Phi) is 3.19. The van der Waals surface area contributed by atoms with Crippen LogP contribution in [0.4, 0.5) is 4.39 Å². The van der Waals surface area contributed by atoms with Crippen molar-refractivity contribution >= 4 is 11.0 Å². The maximum absolute atomic E-state index is 13.4. The van der Waals surface area contributed by atoms with Crippen LogP contribution in [0.25, 0.3) is 11.0 Å². The van der Waals surface area contributed by atoms with Crippen molar-refractivity contribution in [3.63, 3.8) is 0 Å². The summed E-state index contributed by atoms with van der Waals surface area (Å²) in [6.07, 6.45) is 1.07. The topological polar surface area (TPSA) is 40.7 Å². The number of hydrogen-bond acceptors (Lipinski definition) is 2. The molecule has 0 aliphatic heterocycles. The average Bonchev–Trinajstić information content (AvgIpc) is 2.71. The number of aromatic amines is 1. The van der Waals surface area contributed by atoms with Crippen LogP contribution in [0, 0.1) is 5.82 Å². The zero-order valence-corrected chi connectivity index (χ0v) is 9.55. The molecule has 3 nitrogen and oxygen atoms in total. The van der Waals surface area contributed by atoms with Crippen LogP contribution >= 0.6 is 0 Å². The van der Waals surface area contributed by atoms with Gasteiger partial charge in [0.05, 0.1) is 11.6 Å². The Hall–Kier alpha value is -1.42. The van der Waals surface area contributed by atoms with Gasteiger partial charge in [-0.05, 0) is 32.0 Å². The highest BCUT2D eigenvalue weighted by Crippen LogP contribution is 2.18. The molecule has 0 radical (unpaired) electrons. The molecule has 1 atom stereocenters. The standard InChI is InChI=1S/C12H16FN3/c1-3-7-14-8(2)12-15-10-6-4-5-9(13)11(10)16-12/h4-6,8,14H,3,7H2,1-2H3,(H,15,16)/t8-/m1/s1. The van der Waals surface area contributed by atoms with Crippen LogP contribution in [-0.2, 0) is 0 Å². The lowest BCUT2D eigenvalue weighted by Gasteiger charge is -2.09. The molecule has 86 valence electrons. The van der Waals surface area contributed by atoms with Gasteiger partial charge in [-0.1, -0.05) is 13.0 Å². The van der Waals surface area contributed by atoms with Crippen molar-refractivity contribution in [2.24, 2.45) is 0 Å². The third-order valence-corrected chi connectivity index (χ3v) is 2.59. The lowest BCUT2D eigenvalue weighted by Crippen LogP contribution is -2.20. The third kappa shape index (κ3) is 2.07. The molecule has 0 unspecified atom stereocenters. The zero-order chi connectivity index (χ0) is 11.5. The number of aromatic nitrogens is 2. The molecule has 1 aromatic heterocycles. The van der Waals surface area contributed by atoms with Crippen molar-refractivity contribution in [1.82, 2.24) is 15.3 Å². The summed E-state index contributed by atoms with van der Waals surface area (Å²) in [5, 5.41) is 3.31. The van der Waals surface area contributed by atoms with Crippen LogP contribution in [0.5, 0.6) is 0 Å². The molecular formula is C12H16FN3. The molecule has 1 aromatic carbocycles. The summed E-state index contributed by atoms with van der Waals surface area (Å²) in [4.78, 5) is 7.40. The second kappa shape index (κ2) is 4.61. The van der Waals surface area contributed by atoms with Gasteiger partial charge in [-0.15, -0.1) is 0 Å². The molecule has 0 amide bonds. The number of fused-ring (bicyclic) bond motifs is 1. The zero-order valence-electron chi connectivity index (χ0n) is 9.55. The van der Waals surface area contributed by atoms with Crippen molar-refractivity contribution in [1.29, 1.82) is 0 Å². The first-order chi connectivity index (χ1) is 7.72. The maximum Gasteiger partial charge on any atom is 0.151 e. The fourth-order valence-electron chi connectivity index (χ4n) is 1.68. The van der Waals surface area contributed by atoms with Gasteiger partial charge in [0.1, 0.15) is 11.3 Å². The molecular weight excluding hydrogens is 205 g/mol. The molecule has 2 rings (SSSR count). The Morgan fingerprint density at radius 2 is 2.31 bits per heavy atom. The Bertz CT molecular complexity index is 478. The molecule has 0 aliphatic carbocycles. The smallest absolute Gasteiger partial charge is 0.151 e. The van der Waals surface area contributed by atoms with Crippen LogP contribution in [0.2, 0.25) is 0 Å². The van der Waals surface area contributed by atoms with Crippen LogP contribution < -0.4 is 5.32 Å². The van der Waals surface area contributed by atoms with Crippen LogP contribution in [0.3, 0.4) is 0 Å². The predicted octanol–water partition coefficient (Wildman–Crippen LogP) is 2.76. The largest absolute Gasteiger partial charge is 0.341 e.